The molecule has 1 aromatic carbocycles. The Bertz CT molecular complexity index is 1780. The van der Waals surface area contributed by atoms with E-state index in [1.807, 2.05) is 6.07 Å². The lowest BCUT2D eigenvalue weighted by molar-refractivity contribution is 0.0946. The van der Waals surface area contributed by atoms with Crippen molar-refractivity contribution in [3.8, 4) is 11.1 Å². The number of carbonyl (C=O) groups excluding carboxylic acids is 2. The predicted octanol–water partition coefficient (Wildman–Crippen LogP) is 3.40. The molecular weight excluding hydrogens is 506 g/mol. The lowest BCUT2D eigenvalue weighted by Crippen LogP contribution is -2.33. The number of aromatic amines is 1. The van der Waals surface area contributed by atoms with Crippen LogP contribution in [0.25, 0.3) is 22.2 Å². The number of H-pyrrole nitrogens is 1. The van der Waals surface area contributed by atoms with Gasteiger partial charge in [0.25, 0.3) is 17.4 Å². The number of amides is 2. The van der Waals surface area contributed by atoms with E-state index < -0.39 is 29.0 Å². The van der Waals surface area contributed by atoms with Crippen LogP contribution in [-0.4, -0.2) is 38.4 Å². The molecular formula is C28H22F2N6O3. The van der Waals surface area contributed by atoms with Crippen LogP contribution in [0.2, 0.25) is 0 Å². The van der Waals surface area contributed by atoms with E-state index in [-0.39, 0.29) is 24.3 Å². The van der Waals surface area contributed by atoms with E-state index >= 15 is 0 Å². The van der Waals surface area contributed by atoms with Gasteiger partial charge in [-0.05, 0) is 59.7 Å². The Hall–Kier alpha value is -5.19. The minimum Gasteiger partial charge on any atom is -0.354 e. The summed E-state index contributed by atoms with van der Waals surface area (Å²) in [7, 11) is 1.49. The molecule has 4 heterocycles. The summed E-state index contributed by atoms with van der Waals surface area (Å²) in [6.07, 6.45) is 4.90. The monoisotopic (exact) mass is 528 g/mol. The Morgan fingerprint density at radius 1 is 1.03 bits per heavy atom. The van der Waals surface area contributed by atoms with Crippen LogP contribution in [0.3, 0.4) is 0 Å². The third-order valence-electron chi connectivity index (χ3n) is 6.13. The Balaban J connectivity index is 1.40. The smallest absolute Gasteiger partial charge is 0.269 e. The topological polar surface area (TPSA) is 122 Å². The number of aromatic nitrogens is 4. The van der Waals surface area contributed by atoms with Crippen molar-refractivity contribution in [2.24, 2.45) is 0 Å². The van der Waals surface area contributed by atoms with Crippen molar-refractivity contribution < 1.29 is 18.4 Å². The number of halogens is 2. The number of hydrogen-bond acceptors (Lipinski definition) is 5. The average Bonchev–Trinajstić information content (AvgIpc) is 3.38. The highest BCUT2D eigenvalue weighted by molar-refractivity contribution is 5.97. The molecule has 0 saturated carbocycles. The van der Waals surface area contributed by atoms with E-state index in [2.05, 4.69) is 25.6 Å². The maximum absolute atomic E-state index is 13.6. The summed E-state index contributed by atoms with van der Waals surface area (Å²) in [4.78, 5) is 50.1. The highest BCUT2D eigenvalue weighted by Crippen LogP contribution is 2.28. The molecule has 0 spiro atoms. The van der Waals surface area contributed by atoms with Crippen molar-refractivity contribution >= 4 is 22.8 Å². The highest BCUT2D eigenvalue weighted by Gasteiger charge is 2.16. The molecule has 5 aromatic rings. The SMILES string of the molecule is CNC(=O)c1cc(-c2c[nH]c3ncccc23)cc(CNC(=O)c2cccn(Cc3ccc(F)c(F)c3)c2=O)n1. The quantitative estimate of drug-likeness (QED) is 0.299. The third kappa shape index (κ3) is 5.28. The first-order chi connectivity index (χ1) is 18.8. The van der Waals surface area contributed by atoms with Crippen LogP contribution in [-0.2, 0) is 13.1 Å². The van der Waals surface area contributed by atoms with Gasteiger partial charge in [0, 0.05) is 36.6 Å². The average molecular weight is 529 g/mol. The summed E-state index contributed by atoms with van der Waals surface area (Å²) < 4.78 is 28.1. The second kappa shape index (κ2) is 10.7. The van der Waals surface area contributed by atoms with Gasteiger partial charge in [0.05, 0.1) is 18.8 Å². The second-order valence-electron chi connectivity index (χ2n) is 8.70. The molecule has 196 valence electrons. The number of nitrogens with zero attached hydrogens (tertiary/aromatic N) is 3. The number of hydrogen-bond donors (Lipinski definition) is 3. The van der Waals surface area contributed by atoms with Crippen molar-refractivity contribution in [2.75, 3.05) is 7.05 Å². The summed E-state index contributed by atoms with van der Waals surface area (Å²) in [5.74, 6) is -3.06. The van der Waals surface area contributed by atoms with Crippen LogP contribution in [0.5, 0.6) is 0 Å². The van der Waals surface area contributed by atoms with Crippen molar-refractivity contribution in [3.63, 3.8) is 0 Å². The van der Waals surface area contributed by atoms with Crippen LogP contribution in [0.1, 0.15) is 32.1 Å². The number of pyridine rings is 3. The molecule has 0 aliphatic rings. The molecule has 39 heavy (non-hydrogen) atoms. The first kappa shape index (κ1) is 25.5. The highest BCUT2D eigenvalue weighted by atomic mass is 19.2. The zero-order valence-electron chi connectivity index (χ0n) is 20.7. The molecule has 9 nitrogen and oxygen atoms in total. The van der Waals surface area contributed by atoms with Crippen LogP contribution >= 0.6 is 0 Å². The largest absolute Gasteiger partial charge is 0.354 e. The van der Waals surface area contributed by atoms with Gasteiger partial charge in [0.1, 0.15) is 16.9 Å². The van der Waals surface area contributed by atoms with E-state index in [0.29, 0.717) is 22.5 Å². The number of nitrogens with one attached hydrogen (secondary N) is 3. The Kier molecular flexibility index (Phi) is 6.96. The Labute approximate surface area is 220 Å². The molecule has 0 fully saturated rings. The van der Waals surface area contributed by atoms with Crippen molar-refractivity contribution in [3.05, 3.63) is 118 Å². The number of carbonyl (C=O) groups is 2. The van der Waals surface area contributed by atoms with Crippen LogP contribution in [0.4, 0.5) is 8.78 Å². The number of fused-ring (bicyclic) bond motifs is 1. The molecule has 0 aliphatic carbocycles. The molecule has 3 N–H and O–H groups in total. The summed E-state index contributed by atoms with van der Waals surface area (Å²) >= 11 is 0. The van der Waals surface area contributed by atoms with Crippen LogP contribution in [0.15, 0.2) is 78.0 Å². The van der Waals surface area contributed by atoms with Crippen LogP contribution in [0, 0.1) is 11.6 Å². The van der Waals surface area contributed by atoms with E-state index in [1.165, 1.54) is 36.0 Å². The van der Waals surface area contributed by atoms with Gasteiger partial charge in [0.15, 0.2) is 11.6 Å². The van der Waals surface area contributed by atoms with E-state index in [1.54, 1.807) is 30.6 Å². The van der Waals surface area contributed by atoms with Gasteiger partial charge in [-0.1, -0.05) is 6.07 Å². The van der Waals surface area contributed by atoms with Crippen molar-refractivity contribution in [1.82, 2.24) is 30.2 Å². The molecule has 0 radical (unpaired) electrons. The molecule has 4 aromatic heterocycles. The first-order valence-electron chi connectivity index (χ1n) is 11.9. The minimum atomic E-state index is -1.02. The lowest BCUT2D eigenvalue weighted by Gasteiger charge is -2.11. The fourth-order valence-electron chi connectivity index (χ4n) is 4.21. The van der Waals surface area contributed by atoms with Gasteiger partial charge in [0.2, 0.25) is 0 Å². The van der Waals surface area contributed by atoms with Gasteiger partial charge in [-0.2, -0.15) is 0 Å². The summed E-state index contributed by atoms with van der Waals surface area (Å²) in [5.41, 5.74) is 2.38. The maximum Gasteiger partial charge on any atom is 0.269 e. The van der Waals surface area contributed by atoms with Crippen molar-refractivity contribution in [1.29, 1.82) is 0 Å². The lowest BCUT2D eigenvalue weighted by atomic mass is 10.0. The molecule has 0 atom stereocenters. The fraction of sp³-hybridized carbons (Fsp3) is 0.107. The van der Waals surface area contributed by atoms with Gasteiger partial charge in [-0.3, -0.25) is 14.4 Å². The van der Waals surface area contributed by atoms with Gasteiger partial charge >= 0.3 is 0 Å². The molecule has 0 saturated heterocycles. The summed E-state index contributed by atoms with van der Waals surface area (Å²) in [5, 5.41) is 6.09. The van der Waals surface area contributed by atoms with E-state index in [0.717, 1.165) is 23.1 Å². The number of rotatable bonds is 7. The first-order valence-corrected chi connectivity index (χ1v) is 11.9. The van der Waals surface area contributed by atoms with E-state index in [9.17, 15) is 23.2 Å². The fourth-order valence-corrected chi connectivity index (χ4v) is 4.21. The predicted molar refractivity (Wildman–Crippen MR) is 140 cm³/mol. The Morgan fingerprint density at radius 2 is 1.87 bits per heavy atom. The summed E-state index contributed by atoms with van der Waals surface area (Å²) in [6.45, 7) is -0.107. The molecule has 0 bridgehead atoms. The van der Waals surface area contributed by atoms with E-state index in [4.69, 9.17) is 0 Å². The zero-order chi connectivity index (χ0) is 27.5. The maximum atomic E-state index is 13.6. The van der Waals surface area contributed by atoms with Gasteiger partial charge in [-0.25, -0.2) is 18.7 Å². The summed E-state index contributed by atoms with van der Waals surface area (Å²) in [6, 6.07) is 13.3. The van der Waals surface area contributed by atoms with Crippen molar-refractivity contribution in [2.45, 2.75) is 13.1 Å². The van der Waals surface area contributed by atoms with Gasteiger partial charge < -0.3 is 20.2 Å². The van der Waals surface area contributed by atoms with Gasteiger partial charge in [-0.15, -0.1) is 0 Å². The molecule has 5 rings (SSSR count). The normalized spacial score (nSPS) is 10.9. The third-order valence-corrected chi connectivity index (χ3v) is 6.13. The minimum absolute atomic E-state index is 0.0459. The van der Waals surface area contributed by atoms with Crippen LogP contribution < -0.4 is 16.2 Å². The zero-order valence-corrected chi connectivity index (χ0v) is 20.7. The molecule has 0 aliphatic heterocycles. The molecule has 11 heteroatoms. The standard InChI is InChI=1S/C28H22F2N6O3/c1-31-27(38)24-12-17(21-14-33-25-19(21)4-2-8-32-25)11-18(35-24)13-34-26(37)20-5-3-9-36(28(20)39)15-16-6-7-22(29)23(30)10-16/h2-12,14H,13,15H2,1H3,(H,31,38)(H,32,33)(H,34,37). The molecule has 2 amide bonds. The number of benzene rings is 1. The second-order valence-corrected chi connectivity index (χ2v) is 8.70. The molecule has 0 unspecified atom stereocenters. The Morgan fingerprint density at radius 3 is 2.67 bits per heavy atom.